The lowest BCUT2D eigenvalue weighted by atomic mass is 10.2. The van der Waals surface area contributed by atoms with Crippen LogP contribution >= 0.6 is 21.6 Å². The van der Waals surface area contributed by atoms with Crippen molar-refractivity contribution in [3.05, 3.63) is 12.2 Å². The molecule has 5 nitrogen and oxygen atoms in total. The van der Waals surface area contributed by atoms with Crippen molar-refractivity contribution in [1.82, 2.24) is 10.6 Å². The Kier molecular flexibility index (Phi) is 20.9. The molecule has 0 bridgehead atoms. The summed E-state index contributed by atoms with van der Waals surface area (Å²) in [5.41, 5.74) is 0. The zero-order chi connectivity index (χ0) is 17.7. The standard InChI is InChI=1S/C17H34N2O3S2/c1-3-5-11-21-13-9-19-15-17(20)8-6-7-12-22-16-24-23-14-10-18-4-2/h3,5,18-19H,4,6-16H2,1-2H3/b5-3+. The summed E-state index contributed by atoms with van der Waals surface area (Å²) in [6.07, 6.45) is 6.40. The van der Waals surface area contributed by atoms with Gasteiger partial charge in [-0.25, -0.2) is 0 Å². The van der Waals surface area contributed by atoms with Gasteiger partial charge in [0.2, 0.25) is 0 Å². The summed E-state index contributed by atoms with van der Waals surface area (Å²) < 4.78 is 10.9. The van der Waals surface area contributed by atoms with Gasteiger partial charge in [-0.15, -0.1) is 0 Å². The highest BCUT2D eigenvalue weighted by Crippen LogP contribution is 2.20. The van der Waals surface area contributed by atoms with Crippen LogP contribution in [0.4, 0.5) is 0 Å². The molecule has 142 valence electrons. The highest BCUT2D eigenvalue weighted by atomic mass is 33.1. The van der Waals surface area contributed by atoms with Gasteiger partial charge in [0.15, 0.2) is 0 Å². The van der Waals surface area contributed by atoms with Crippen LogP contribution in [0.3, 0.4) is 0 Å². The molecule has 0 heterocycles. The maximum atomic E-state index is 11.7. The quantitative estimate of drug-likeness (QED) is 0.155. The number of carbonyl (C=O) groups is 1. The normalized spacial score (nSPS) is 11.4. The molecular formula is C17H34N2O3S2. The molecule has 0 unspecified atom stereocenters. The third kappa shape index (κ3) is 20.0. The number of ketones is 1. The number of carbonyl (C=O) groups excluding carboxylic acids is 1. The molecule has 2 N–H and O–H groups in total. The SMILES string of the molecule is C/C=C/COCCNCC(=O)CCCCOCSSCCNCC. The Bertz CT molecular complexity index is 306. The van der Waals surface area contributed by atoms with E-state index in [4.69, 9.17) is 9.47 Å². The average Bonchev–Trinajstić information content (AvgIpc) is 2.59. The molecule has 7 heteroatoms. The highest BCUT2D eigenvalue weighted by molar-refractivity contribution is 8.76. The number of rotatable bonds is 19. The molecule has 0 aromatic carbocycles. The molecule has 24 heavy (non-hydrogen) atoms. The van der Waals surface area contributed by atoms with Crippen molar-refractivity contribution in [2.75, 3.05) is 57.7 Å². The fourth-order valence-corrected chi connectivity index (χ4v) is 3.32. The number of hydrogen-bond donors (Lipinski definition) is 2. The molecule has 0 atom stereocenters. The van der Waals surface area contributed by atoms with E-state index in [0.717, 1.165) is 50.8 Å². The van der Waals surface area contributed by atoms with Gasteiger partial charge in [-0.1, -0.05) is 40.7 Å². The minimum absolute atomic E-state index is 0.261. The Labute approximate surface area is 155 Å². The van der Waals surface area contributed by atoms with Crippen molar-refractivity contribution in [2.45, 2.75) is 33.1 Å². The predicted molar refractivity (Wildman–Crippen MR) is 107 cm³/mol. The second-order valence-corrected chi connectivity index (χ2v) is 7.67. The molecule has 0 fully saturated rings. The summed E-state index contributed by atoms with van der Waals surface area (Å²) in [4.78, 5) is 11.7. The molecule has 0 aliphatic rings. The first-order valence-corrected chi connectivity index (χ1v) is 11.2. The summed E-state index contributed by atoms with van der Waals surface area (Å²) in [6, 6.07) is 0. The van der Waals surface area contributed by atoms with Gasteiger partial charge in [-0.05, 0) is 26.3 Å². The summed E-state index contributed by atoms with van der Waals surface area (Å²) in [7, 11) is 3.58. The summed E-state index contributed by atoms with van der Waals surface area (Å²) in [5.74, 6) is 2.08. The Balaban J connectivity index is 3.15. The molecule has 0 aliphatic carbocycles. The van der Waals surface area contributed by atoms with E-state index in [1.807, 2.05) is 29.9 Å². The molecule has 0 saturated heterocycles. The average molecular weight is 379 g/mol. The van der Waals surface area contributed by atoms with Gasteiger partial charge in [-0.2, -0.15) is 0 Å². The van der Waals surface area contributed by atoms with Gasteiger partial charge in [0.25, 0.3) is 0 Å². The van der Waals surface area contributed by atoms with Crippen molar-refractivity contribution in [3.63, 3.8) is 0 Å². The Morgan fingerprint density at radius 3 is 2.75 bits per heavy atom. The molecule has 0 saturated carbocycles. The Morgan fingerprint density at radius 2 is 1.96 bits per heavy atom. The summed E-state index contributed by atoms with van der Waals surface area (Å²) in [5, 5.41) is 6.40. The van der Waals surface area contributed by atoms with E-state index >= 15 is 0 Å². The van der Waals surface area contributed by atoms with E-state index in [1.54, 1.807) is 10.8 Å². The number of ether oxygens (including phenoxy) is 2. The van der Waals surface area contributed by atoms with Gasteiger partial charge >= 0.3 is 0 Å². The zero-order valence-electron chi connectivity index (χ0n) is 15.2. The fourth-order valence-electron chi connectivity index (χ4n) is 1.71. The molecule has 0 aromatic heterocycles. The Morgan fingerprint density at radius 1 is 1.08 bits per heavy atom. The first kappa shape index (κ1) is 23.9. The van der Waals surface area contributed by atoms with Gasteiger partial charge in [0, 0.05) is 31.9 Å². The molecule has 0 aromatic rings. The van der Waals surface area contributed by atoms with Crippen LogP contribution in [0.25, 0.3) is 0 Å². The number of hydrogen-bond acceptors (Lipinski definition) is 7. The highest BCUT2D eigenvalue weighted by Gasteiger charge is 2.01. The maximum absolute atomic E-state index is 11.7. The van der Waals surface area contributed by atoms with Crippen molar-refractivity contribution in [3.8, 4) is 0 Å². The van der Waals surface area contributed by atoms with Crippen molar-refractivity contribution >= 4 is 27.4 Å². The van der Waals surface area contributed by atoms with E-state index in [2.05, 4.69) is 17.6 Å². The zero-order valence-corrected chi connectivity index (χ0v) is 16.8. The fraction of sp³-hybridized carbons (Fsp3) is 0.824. The number of unbranched alkanes of at least 4 members (excludes halogenated alkanes) is 1. The monoisotopic (exact) mass is 378 g/mol. The van der Waals surface area contributed by atoms with E-state index in [0.29, 0.717) is 26.2 Å². The molecule has 0 radical (unpaired) electrons. The number of allylic oxidation sites excluding steroid dienone is 1. The third-order valence-corrected chi connectivity index (χ3v) is 5.11. The van der Waals surface area contributed by atoms with Crippen LogP contribution in [0.2, 0.25) is 0 Å². The lowest BCUT2D eigenvalue weighted by Gasteiger charge is -2.05. The van der Waals surface area contributed by atoms with Crippen LogP contribution < -0.4 is 10.6 Å². The largest absolute Gasteiger partial charge is 0.376 e. The lowest BCUT2D eigenvalue weighted by Crippen LogP contribution is -2.26. The number of Topliss-reactive ketones (excluding diaryl/α,β-unsaturated/α-hetero) is 1. The van der Waals surface area contributed by atoms with E-state index in [9.17, 15) is 4.79 Å². The minimum atomic E-state index is 0.261. The molecule has 0 spiro atoms. The van der Waals surface area contributed by atoms with Crippen LogP contribution in [0.15, 0.2) is 12.2 Å². The van der Waals surface area contributed by atoms with Crippen molar-refractivity contribution in [2.24, 2.45) is 0 Å². The van der Waals surface area contributed by atoms with E-state index in [1.165, 1.54) is 0 Å². The third-order valence-electron chi connectivity index (χ3n) is 3.02. The van der Waals surface area contributed by atoms with Crippen LogP contribution in [0.1, 0.15) is 33.1 Å². The van der Waals surface area contributed by atoms with Crippen molar-refractivity contribution in [1.29, 1.82) is 0 Å². The maximum Gasteiger partial charge on any atom is 0.146 e. The molecular weight excluding hydrogens is 344 g/mol. The van der Waals surface area contributed by atoms with Crippen LogP contribution in [-0.4, -0.2) is 63.5 Å². The topological polar surface area (TPSA) is 59.6 Å². The van der Waals surface area contributed by atoms with Gasteiger partial charge in [0.1, 0.15) is 11.7 Å². The van der Waals surface area contributed by atoms with Gasteiger partial charge in [0.05, 0.1) is 19.8 Å². The smallest absolute Gasteiger partial charge is 0.146 e. The first-order valence-electron chi connectivity index (χ1n) is 8.75. The van der Waals surface area contributed by atoms with E-state index in [-0.39, 0.29) is 5.78 Å². The molecule has 0 aliphatic heterocycles. The summed E-state index contributed by atoms with van der Waals surface area (Å²) >= 11 is 0. The second kappa shape index (κ2) is 21.0. The Hall–Kier alpha value is -0.0500. The second-order valence-electron chi connectivity index (χ2n) is 5.14. The predicted octanol–water partition coefficient (Wildman–Crippen LogP) is 2.87. The van der Waals surface area contributed by atoms with Crippen LogP contribution in [0, 0.1) is 0 Å². The van der Waals surface area contributed by atoms with Gasteiger partial charge < -0.3 is 20.1 Å². The molecule has 0 amide bonds. The van der Waals surface area contributed by atoms with E-state index < -0.39 is 0 Å². The minimum Gasteiger partial charge on any atom is -0.376 e. The first-order chi connectivity index (χ1) is 11.8. The lowest BCUT2D eigenvalue weighted by molar-refractivity contribution is -0.118. The van der Waals surface area contributed by atoms with Crippen LogP contribution in [0.5, 0.6) is 0 Å². The number of nitrogens with one attached hydrogen (secondary N) is 2. The van der Waals surface area contributed by atoms with Gasteiger partial charge in [-0.3, -0.25) is 4.79 Å². The summed E-state index contributed by atoms with van der Waals surface area (Å²) in [6.45, 7) is 9.32. The van der Waals surface area contributed by atoms with Crippen LogP contribution in [-0.2, 0) is 14.3 Å². The molecule has 0 rings (SSSR count). The van der Waals surface area contributed by atoms with Crippen molar-refractivity contribution < 1.29 is 14.3 Å².